The molecule has 0 unspecified atom stereocenters. The number of nitrogens with one attached hydrogen (secondary N) is 1. The number of nitrogens with zero attached hydrogens (tertiary/aromatic N) is 2. The fourth-order valence-corrected chi connectivity index (χ4v) is 2.13. The molecule has 1 fully saturated rings. The number of hydrogen-bond acceptors (Lipinski definition) is 5. The van der Waals surface area contributed by atoms with E-state index in [0.717, 1.165) is 25.7 Å². The molecule has 6 nitrogen and oxygen atoms in total. The second-order valence-corrected chi connectivity index (χ2v) is 4.60. The van der Waals surface area contributed by atoms with E-state index in [1.54, 1.807) is 6.92 Å². The predicted molar refractivity (Wildman–Crippen MR) is 61.1 cm³/mol. The van der Waals surface area contributed by atoms with Crippen LogP contribution in [0.3, 0.4) is 0 Å². The summed E-state index contributed by atoms with van der Waals surface area (Å²) in [6.45, 7) is 2.25. The van der Waals surface area contributed by atoms with E-state index in [0.29, 0.717) is 24.7 Å². The first kappa shape index (κ1) is 12.0. The lowest BCUT2D eigenvalue weighted by Gasteiger charge is -2.21. The van der Waals surface area contributed by atoms with Crippen LogP contribution in [0.15, 0.2) is 4.52 Å². The van der Waals surface area contributed by atoms with E-state index in [2.05, 4.69) is 15.5 Å². The third-order valence-corrected chi connectivity index (χ3v) is 3.14. The predicted octanol–water partition coefficient (Wildman–Crippen LogP) is 0.308. The van der Waals surface area contributed by atoms with Crippen LogP contribution in [0.5, 0.6) is 0 Å². The number of carbonyl (C=O) groups excluding carboxylic acids is 1. The molecule has 3 N–H and O–H groups in total. The Balaban J connectivity index is 1.77. The zero-order valence-corrected chi connectivity index (χ0v) is 10.0. The van der Waals surface area contributed by atoms with Crippen LogP contribution in [-0.2, 0) is 11.2 Å². The second-order valence-electron chi connectivity index (χ2n) is 4.60. The number of rotatable bonds is 4. The molecule has 2 rings (SSSR count). The number of aromatic nitrogens is 2. The van der Waals surface area contributed by atoms with Crippen molar-refractivity contribution >= 4 is 5.91 Å². The standard InChI is InChI=1S/C11H18N4O2/c1-8-14-9(17-15-8)4-7-13-10(16)11(12)5-2-3-6-11/h2-7,12H2,1H3,(H,13,16). The summed E-state index contributed by atoms with van der Waals surface area (Å²) in [5.41, 5.74) is 5.36. The van der Waals surface area contributed by atoms with E-state index in [4.69, 9.17) is 10.3 Å². The summed E-state index contributed by atoms with van der Waals surface area (Å²) in [5, 5.41) is 6.51. The molecule has 0 saturated heterocycles. The third kappa shape index (κ3) is 2.82. The van der Waals surface area contributed by atoms with Gasteiger partial charge in [0.15, 0.2) is 5.82 Å². The SMILES string of the molecule is Cc1noc(CCNC(=O)C2(N)CCCC2)n1. The summed E-state index contributed by atoms with van der Waals surface area (Å²) >= 11 is 0. The van der Waals surface area contributed by atoms with Crippen molar-refractivity contribution in [1.82, 2.24) is 15.5 Å². The topological polar surface area (TPSA) is 94.0 Å². The first-order valence-corrected chi connectivity index (χ1v) is 5.96. The molecule has 1 aliphatic carbocycles. The lowest BCUT2D eigenvalue weighted by molar-refractivity contribution is -0.126. The molecule has 1 heterocycles. The molecule has 0 radical (unpaired) electrons. The second kappa shape index (κ2) is 4.83. The highest BCUT2D eigenvalue weighted by Crippen LogP contribution is 2.27. The van der Waals surface area contributed by atoms with Gasteiger partial charge in [-0.15, -0.1) is 0 Å². The van der Waals surface area contributed by atoms with Crippen molar-refractivity contribution in [3.05, 3.63) is 11.7 Å². The molecule has 1 aliphatic rings. The Morgan fingerprint density at radius 3 is 2.82 bits per heavy atom. The van der Waals surface area contributed by atoms with Crippen molar-refractivity contribution in [2.24, 2.45) is 5.73 Å². The molecule has 1 aromatic rings. The van der Waals surface area contributed by atoms with Crippen LogP contribution in [0.25, 0.3) is 0 Å². The molecule has 17 heavy (non-hydrogen) atoms. The van der Waals surface area contributed by atoms with Gasteiger partial charge in [0, 0.05) is 13.0 Å². The van der Waals surface area contributed by atoms with Gasteiger partial charge in [-0.1, -0.05) is 18.0 Å². The molecule has 1 aromatic heterocycles. The minimum absolute atomic E-state index is 0.0637. The van der Waals surface area contributed by atoms with E-state index in [9.17, 15) is 4.79 Å². The maximum Gasteiger partial charge on any atom is 0.240 e. The monoisotopic (exact) mass is 238 g/mol. The van der Waals surface area contributed by atoms with Crippen LogP contribution in [0.1, 0.15) is 37.4 Å². The molecule has 0 spiro atoms. The quantitative estimate of drug-likeness (QED) is 0.787. The fraction of sp³-hybridized carbons (Fsp3) is 0.727. The molecule has 94 valence electrons. The Kier molecular flexibility index (Phi) is 3.42. The van der Waals surface area contributed by atoms with Crippen LogP contribution in [0.2, 0.25) is 0 Å². The van der Waals surface area contributed by atoms with E-state index < -0.39 is 5.54 Å². The van der Waals surface area contributed by atoms with E-state index in [-0.39, 0.29) is 5.91 Å². The minimum atomic E-state index is -0.662. The van der Waals surface area contributed by atoms with Gasteiger partial charge in [0.25, 0.3) is 0 Å². The molecule has 0 aliphatic heterocycles. The average molecular weight is 238 g/mol. The lowest BCUT2D eigenvalue weighted by atomic mass is 9.98. The summed E-state index contributed by atoms with van der Waals surface area (Å²) in [6.07, 6.45) is 4.17. The highest BCUT2D eigenvalue weighted by atomic mass is 16.5. The number of hydrogen-bond donors (Lipinski definition) is 2. The minimum Gasteiger partial charge on any atom is -0.354 e. The highest BCUT2D eigenvalue weighted by molar-refractivity contribution is 5.86. The van der Waals surface area contributed by atoms with Gasteiger partial charge in [-0.2, -0.15) is 4.98 Å². The van der Waals surface area contributed by atoms with Crippen molar-refractivity contribution in [1.29, 1.82) is 0 Å². The summed E-state index contributed by atoms with van der Waals surface area (Å²) < 4.78 is 4.95. The smallest absolute Gasteiger partial charge is 0.240 e. The van der Waals surface area contributed by atoms with Gasteiger partial charge in [-0.25, -0.2) is 0 Å². The fourth-order valence-electron chi connectivity index (χ4n) is 2.13. The van der Waals surface area contributed by atoms with Gasteiger partial charge in [0.2, 0.25) is 11.8 Å². The van der Waals surface area contributed by atoms with Crippen molar-refractivity contribution in [3.8, 4) is 0 Å². The Hall–Kier alpha value is -1.43. The van der Waals surface area contributed by atoms with E-state index >= 15 is 0 Å². The number of amides is 1. The van der Waals surface area contributed by atoms with Crippen LogP contribution >= 0.6 is 0 Å². The van der Waals surface area contributed by atoms with Crippen molar-refractivity contribution in [3.63, 3.8) is 0 Å². The number of aryl methyl sites for hydroxylation is 1. The highest BCUT2D eigenvalue weighted by Gasteiger charge is 2.36. The van der Waals surface area contributed by atoms with Gasteiger partial charge in [0.05, 0.1) is 5.54 Å². The zero-order chi connectivity index (χ0) is 12.3. The first-order valence-electron chi connectivity index (χ1n) is 5.96. The van der Waals surface area contributed by atoms with Gasteiger partial charge < -0.3 is 15.6 Å². The van der Waals surface area contributed by atoms with Gasteiger partial charge >= 0.3 is 0 Å². The Labute approximate surface area is 99.9 Å². The summed E-state index contributed by atoms with van der Waals surface area (Å²) in [5.74, 6) is 1.09. The van der Waals surface area contributed by atoms with Gasteiger partial charge in [-0.05, 0) is 19.8 Å². The molecule has 0 aromatic carbocycles. The molecular formula is C11H18N4O2. The van der Waals surface area contributed by atoms with Gasteiger partial charge in [-0.3, -0.25) is 4.79 Å². The summed E-state index contributed by atoms with van der Waals surface area (Å²) in [6, 6.07) is 0. The zero-order valence-electron chi connectivity index (χ0n) is 10.0. The summed E-state index contributed by atoms with van der Waals surface area (Å²) in [4.78, 5) is 15.9. The molecule has 6 heteroatoms. The van der Waals surface area contributed by atoms with Crippen LogP contribution in [0.4, 0.5) is 0 Å². The first-order chi connectivity index (χ1) is 8.10. The van der Waals surface area contributed by atoms with Crippen LogP contribution < -0.4 is 11.1 Å². The summed E-state index contributed by atoms with van der Waals surface area (Å²) in [7, 11) is 0. The number of carbonyl (C=O) groups is 1. The van der Waals surface area contributed by atoms with Crippen molar-refractivity contribution in [2.75, 3.05) is 6.54 Å². The Morgan fingerprint density at radius 1 is 1.53 bits per heavy atom. The average Bonchev–Trinajstić information content (AvgIpc) is 2.89. The maximum absolute atomic E-state index is 11.9. The normalized spacial score (nSPS) is 18.2. The van der Waals surface area contributed by atoms with Crippen LogP contribution in [-0.4, -0.2) is 28.1 Å². The Bertz CT molecular complexity index is 396. The molecule has 0 atom stereocenters. The van der Waals surface area contributed by atoms with E-state index in [1.807, 2.05) is 0 Å². The van der Waals surface area contributed by atoms with Crippen molar-refractivity contribution < 1.29 is 9.32 Å². The lowest BCUT2D eigenvalue weighted by Crippen LogP contribution is -2.52. The molecular weight excluding hydrogens is 220 g/mol. The molecule has 1 saturated carbocycles. The van der Waals surface area contributed by atoms with Gasteiger partial charge in [0.1, 0.15) is 0 Å². The van der Waals surface area contributed by atoms with Crippen LogP contribution in [0, 0.1) is 6.92 Å². The number of nitrogens with two attached hydrogens (primary N) is 1. The Morgan fingerprint density at radius 2 is 2.24 bits per heavy atom. The maximum atomic E-state index is 11.9. The third-order valence-electron chi connectivity index (χ3n) is 3.14. The van der Waals surface area contributed by atoms with Crippen molar-refractivity contribution in [2.45, 2.75) is 44.6 Å². The molecule has 0 bridgehead atoms. The van der Waals surface area contributed by atoms with E-state index in [1.165, 1.54) is 0 Å². The largest absolute Gasteiger partial charge is 0.354 e. The molecule has 1 amide bonds.